The van der Waals surface area contributed by atoms with Crippen LogP contribution >= 0.6 is 23.2 Å². The van der Waals surface area contributed by atoms with Crippen LogP contribution in [0.25, 0.3) is 0 Å². The van der Waals surface area contributed by atoms with Crippen molar-refractivity contribution in [1.29, 1.82) is 0 Å². The molecule has 0 aromatic heterocycles. The average Bonchev–Trinajstić information content (AvgIpc) is 2.61. The van der Waals surface area contributed by atoms with Crippen molar-refractivity contribution in [2.75, 3.05) is 29.0 Å². The molecular formula is C18H18Cl2N2O4S. The third-order valence-corrected chi connectivity index (χ3v) is 6.72. The Hall–Kier alpha value is -1.96. The molecule has 1 amide bonds. The Kier molecular flexibility index (Phi) is 5.83. The lowest BCUT2D eigenvalue weighted by atomic mass is 10.1. The molecule has 3 rings (SSSR count). The average molecular weight is 429 g/mol. The van der Waals surface area contributed by atoms with Gasteiger partial charge in [-0.05, 0) is 49.2 Å². The lowest BCUT2D eigenvalue weighted by Crippen LogP contribution is -2.37. The minimum absolute atomic E-state index is 0.116. The number of halogens is 2. The first-order valence-electron chi connectivity index (χ1n) is 8.26. The van der Waals surface area contributed by atoms with E-state index in [0.717, 1.165) is 6.42 Å². The van der Waals surface area contributed by atoms with Crippen molar-refractivity contribution in [2.24, 2.45) is 0 Å². The first kappa shape index (κ1) is 19.8. The number of hydrogen-bond donors (Lipinski definition) is 1. The summed E-state index contributed by atoms with van der Waals surface area (Å²) in [5, 5.41) is 3.25. The number of carbonyl (C=O) groups excluding carboxylic acids is 1. The van der Waals surface area contributed by atoms with Gasteiger partial charge in [-0.3, -0.25) is 9.10 Å². The number of hydrogen-bond acceptors (Lipinski definition) is 4. The molecule has 1 N–H and O–H groups in total. The van der Waals surface area contributed by atoms with Gasteiger partial charge < -0.3 is 10.1 Å². The number of amides is 1. The summed E-state index contributed by atoms with van der Waals surface area (Å²) in [7, 11) is -1.84. The number of nitrogens with zero attached hydrogens (tertiary/aromatic N) is 1. The van der Waals surface area contributed by atoms with Gasteiger partial charge in [0.15, 0.2) is 0 Å². The first-order valence-corrected chi connectivity index (χ1v) is 10.6. The monoisotopic (exact) mass is 428 g/mol. The van der Waals surface area contributed by atoms with E-state index in [4.69, 9.17) is 27.9 Å². The highest BCUT2D eigenvalue weighted by atomic mass is 35.5. The van der Waals surface area contributed by atoms with Crippen LogP contribution < -0.4 is 14.4 Å². The summed E-state index contributed by atoms with van der Waals surface area (Å²) in [5.41, 5.74) is 1.19. The van der Waals surface area contributed by atoms with Gasteiger partial charge in [0.2, 0.25) is 10.0 Å². The van der Waals surface area contributed by atoms with Gasteiger partial charge in [0.25, 0.3) is 5.91 Å². The third-order valence-electron chi connectivity index (χ3n) is 4.24. The molecule has 0 saturated carbocycles. The number of anilines is 2. The van der Waals surface area contributed by atoms with Gasteiger partial charge in [0.05, 0.1) is 34.2 Å². The largest absolute Gasteiger partial charge is 0.495 e. The fourth-order valence-corrected chi connectivity index (χ4v) is 5.01. The van der Waals surface area contributed by atoms with Crippen molar-refractivity contribution in [3.63, 3.8) is 0 Å². The van der Waals surface area contributed by atoms with E-state index in [1.165, 1.54) is 23.5 Å². The van der Waals surface area contributed by atoms with Gasteiger partial charge in [0, 0.05) is 12.2 Å². The van der Waals surface area contributed by atoms with E-state index in [0.29, 0.717) is 35.1 Å². The molecule has 1 saturated heterocycles. The van der Waals surface area contributed by atoms with E-state index in [1.807, 2.05) is 0 Å². The zero-order chi connectivity index (χ0) is 19.6. The van der Waals surface area contributed by atoms with Crippen molar-refractivity contribution in [3.05, 3.63) is 52.0 Å². The van der Waals surface area contributed by atoms with Gasteiger partial charge in [-0.25, -0.2) is 8.42 Å². The van der Waals surface area contributed by atoms with Gasteiger partial charge in [-0.15, -0.1) is 0 Å². The van der Waals surface area contributed by atoms with Crippen molar-refractivity contribution in [1.82, 2.24) is 0 Å². The summed E-state index contributed by atoms with van der Waals surface area (Å²) >= 11 is 12.3. The number of methoxy groups -OCH3 is 1. The molecule has 6 nitrogen and oxygen atoms in total. The first-order chi connectivity index (χ1) is 12.8. The van der Waals surface area contributed by atoms with E-state index >= 15 is 0 Å². The Morgan fingerprint density at radius 3 is 2.52 bits per heavy atom. The van der Waals surface area contributed by atoms with E-state index in [2.05, 4.69) is 5.32 Å². The molecule has 2 aromatic carbocycles. The van der Waals surface area contributed by atoms with E-state index in [9.17, 15) is 13.2 Å². The van der Waals surface area contributed by atoms with Crippen LogP contribution in [0.5, 0.6) is 5.75 Å². The van der Waals surface area contributed by atoms with Crippen molar-refractivity contribution < 1.29 is 17.9 Å². The number of benzene rings is 2. The fraction of sp³-hybridized carbons (Fsp3) is 0.278. The summed E-state index contributed by atoms with van der Waals surface area (Å²) in [4.78, 5) is 12.5. The van der Waals surface area contributed by atoms with Crippen LogP contribution in [0.15, 0.2) is 36.4 Å². The molecule has 0 atom stereocenters. The second kappa shape index (κ2) is 7.96. The van der Waals surface area contributed by atoms with Crippen molar-refractivity contribution >= 4 is 50.5 Å². The lowest BCUT2D eigenvalue weighted by Gasteiger charge is -2.28. The Balaban J connectivity index is 1.81. The van der Waals surface area contributed by atoms with Crippen LogP contribution in [-0.2, 0) is 10.0 Å². The quantitative estimate of drug-likeness (QED) is 0.791. The molecule has 1 aliphatic rings. The Morgan fingerprint density at radius 2 is 1.89 bits per heavy atom. The molecule has 1 aliphatic heterocycles. The maximum Gasteiger partial charge on any atom is 0.257 e. The topological polar surface area (TPSA) is 75.7 Å². The number of nitrogens with one attached hydrogen (secondary N) is 1. The van der Waals surface area contributed by atoms with Crippen LogP contribution in [0.4, 0.5) is 11.4 Å². The number of sulfonamides is 1. The molecule has 0 unspecified atom stereocenters. The van der Waals surface area contributed by atoms with E-state index in [-0.39, 0.29) is 16.3 Å². The molecular weight excluding hydrogens is 411 g/mol. The van der Waals surface area contributed by atoms with E-state index < -0.39 is 15.9 Å². The van der Waals surface area contributed by atoms with Crippen LogP contribution in [0.3, 0.4) is 0 Å². The number of ether oxygens (including phenoxy) is 1. The Bertz CT molecular complexity index is 979. The lowest BCUT2D eigenvalue weighted by molar-refractivity contribution is 0.102. The molecule has 0 radical (unpaired) electrons. The standard InChI is InChI=1S/C18H18Cl2N2O4S/c1-26-17-7-4-12(10-16(17)20)21-18(23)14-6-5-13(11-15(14)19)22-8-2-3-9-27(22,24)25/h4-7,10-11H,2-3,8-9H2,1H3,(H,21,23). The maximum atomic E-state index is 12.5. The number of rotatable bonds is 4. The molecule has 144 valence electrons. The van der Waals surface area contributed by atoms with Crippen LogP contribution in [0, 0.1) is 0 Å². The zero-order valence-corrected chi connectivity index (χ0v) is 16.9. The molecule has 1 fully saturated rings. The molecule has 27 heavy (non-hydrogen) atoms. The van der Waals surface area contributed by atoms with Gasteiger partial charge in [0.1, 0.15) is 5.75 Å². The minimum Gasteiger partial charge on any atom is -0.495 e. The SMILES string of the molecule is COc1ccc(NC(=O)c2ccc(N3CCCCS3(=O)=O)cc2Cl)cc1Cl. The van der Waals surface area contributed by atoms with Crippen LogP contribution in [0.2, 0.25) is 10.0 Å². The Labute approximate surface area is 168 Å². The second-order valence-electron chi connectivity index (χ2n) is 6.06. The Morgan fingerprint density at radius 1 is 1.11 bits per heavy atom. The second-order valence-corrected chi connectivity index (χ2v) is 8.89. The highest BCUT2D eigenvalue weighted by molar-refractivity contribution is 7.92. The molecule has 0 bridgehead atoms. The summed E-state index contributed by atoms with van der Waals surface area (Å²) in [6.07, 6.45) is 1.44. The predicted molar refractivity (Wildman–Crippen MR) is 108 cm³/mol. The summed E-state index contributed by atoms with van der Waals surface area (Å²) in [5.74, 6) is 0.194. The maximum absolute atomic E-state index is 12.5. The zero-order valence-electron chi connectivity index (χ0n) is 14.5. The van der Waals surface area contributed by atoms with Gasteiger partial charge in [-0.2, -0.15) is 0 Å². The normalized spacial score (nSPS) is 16.0. The highest BCUT2D eigenvalue weighted by Crippen LogP contribution is 2.30. The molecule has 0 spiro atoms. The van der Waals surface area contributed by atoms with Crippen LogP contribution in [0.1, 0.15) is 23.2 Å². The summed E-state index contributed by atoms with van der Waals surface area (Å²) in [6, 6.07) is 9.48. The molecule has 9 heteroatoms. The third kappa shape index (κ3) is 4.31. The highest BCUT2D eigenvalue weighted by Gasteiger charge is 2.26. The molecule has 2 aromatic rings. The summed E-state index contributed by atoms with van der Waals surface area (Å²) in [6.45, 7) is 0.411. The number of carbonyl (C=O) groups is 1. The van der Waals surface area contributed by atoms with E-state index in [1.54, 1.807) is 24.3 Å². The molecule has 1 heterocycles. The van der Waals surface area contributed by atoms with Crippen molar-refractivity contribution in [3.8, 4) is 5.75 Å². The summed E-state index contributed by atoms with van der Waals surface area (Å²) < 4.78 is 30.9. The minimum atomic E-state index is -3.34. The molecule has 0 aliphatic carbocycles. The van der Waals surface area contributed by atoms with Crippen molar-refractivity contribution in [2.45, 2.75) is 12.8 Å². The van der Waals surface area contributed by atoms with Gasteiger partial charge in [-0.1, -0.05) is 23.2 Å². The fourth-order valence-electron chi connectivity index (χ4n) is 2.86. The van der Waals surface area contributed by atoms with Gasteiger partial charge >= 0.3 is 0 Å². The predicted octanol–water partition coefficient (Wildman–Crippen LogP) is 4.18. The van der Waals surface area contributed by atoms with Crippen LogP contribution in [-0.4, -0.2) is 33.7 Å². The smallest absolute Gasteiger partial charge is 0.257 e.